The summed E-state index contributed by atoms with van der Waals surface area (Å²) in [5.74, 6) is 0. The molecule has 1 atom stereocenters. The van der Waals surface area contributed by atoms with E-state index in [1.807, 2.05) is 0 Å². The monoisotopic (exact) mass is 124 g/mol. The van der Waals surface area contributed by atoms with Gasteiger partial charge >= 0.3 is 20.4 Å². The maximum Gasteiger partial charge on any atom is 0.368 e. The molecule has 0 aromatic heterocycles. The summed E-state index contributed by atoms with van der Waals surface area (Å²) < 4.78 is 2.64. The van der Waals surface area contributed by atoms with Crippen LogP contribution in [-0.2, 0) is 0 Å². The molecule has 1 unspecified atom stereocenters. The molecule has 0 aliphatic rings. The van der Waals surface area contributed by atoms with Gasteiger partial charge in [0.25, 0.3) is 0 Å². The van der Waals surface area contributed by atoms with E-state index < -0.39 is 0 Å². The molecule has 0 fully saturated rings. The van der Waals surface area contributed by atoms with Gasteiger partial charge in [-0.2, -0.15) is 0 Å². The zero-order valence-corrected chi connectivity index (χ0v) is 7.82. The number of hydrogen-bond acceptors (Lipinski definition) is 0. The number of rotatable bonds is 4. The largest absolute Gasteiger partial charge is 0.368 e. The predicted octanol–water partition coefficient (Wildman–Crippen LogP) is 2.74. The van der Waals surface area contributed by atoms with Gasteiger partial charge in [0.05, 0.1) is 0 Å². The van der Waals surface area contributed by atoms with Gasteiger partial charge < -0.3 is 0 Å². The third-order valence-electron chi connectivity index (χ3n) is 1.75. The minimum Gasteiger partial charge on any atom is -0.146 e. The lowest BCUT2D eigenvalue weighted by atomic mass is 10.4. The van der Waals surface area contributed by atoms with Crippen LogP contribution in [0.25, 0.3) is 0 Å². The van der Waals surface area contributed by atoms with Crippen LogP contribution >= 0.6 is 0 Å². The Morgan fingerprint density at radius 1 is 1.38 bits per heavy atom. The van der Waals surface area contributed by atoms with Crippen LogP contribution in [0.15, 0.2) is 0 Å². The highest BCUT2D eigenvalue weighted by Crippen LogP contribution is 2.08. The molecule has 8 heavy (non-hydrogen) atoms. The first-order valence-corrected chi connectivity index (χ1v) is 5.62. The lowest BCUT2D eigenvalue weighted by Gasteiger charge is -2.01. The van der Waals surface area contributed by atoms with Gasteiger partial charge in [-0.25, -0.2) is 0 Å². The summed E-state index contributed by atoms with van der Waals surface area (Å²) in [5, 5.41) is 0. The molecule has 0 spiro atoms. The fourth-order valence-electron chi connectivity index (χ4n) is 0.757. The fraction of sp³-hybridized carbons (Fsp3) is 1.00. The van der Waals surface area contributed by atoms with Gasteiger partial charge in [0, 0.05) is 0 Å². The highest BCUT2D eigenvalue weighted by Gasteiger charge is 2.00. The normalized spacial score (nSPS) is 12.9. The van der Waals surface area contributed by atoms with E-state index in [9.17, 15) is 0 Å². The fourth-order valence-corrected chi connectivity index (χ4v) is 2.27. The third kappa shape index (κ3) is 4.91. The van der Waals surface area contributed by atoms with Crippen LogP contribution in [0.4, 0.5) is 0 Å². The first-order valence-electron chi connectivity index (χ1n) is 3.81. The molecule has 0 amide bonds. The van der Waals surface area contributed by atoms with E-state index >= 15 is 0 Å². The molecule has 0 heterocycles. The Balaban J connectivity index is 2.86. The molecule has 0 aliphatic heterocycles. The van der Waals surface area contributed by atoms with Crippen molar-refractivity contribution in [3.63, 3.8) is 0 Å². The molecule has 0 aliphatic carbocycles. The second-order valence-electron chi connectivity index (χ2n) is 2.66. The summed E-state index contributed by atoms with van der Waals surface area (Å²) >= 11 is 0.336. The summed E-state index contributed by atoms with van der Waals surface area (Å²) in [6.07, 6.45) is 2.82. The first kappa shape index (κ1) is 8.77. The zero-order valence-electron chi connectivity index (χ0n) is 6.41. The van der Waals surface area contributed by atoms with Crippen molar-refractivity contribution in [2.24, 2.45) is 0 Å². The van der Waals surface area contributed by atoms with E-state index in [4.69, 9.17) is 0 Å². The Hall–Kier alpha value is 0.766. The first-order chi connectivity index (χ1) is 3.81. The molecular formula is C7H16Mg. The van der Waals surface area contributed by atoms with Crippen molar-refractivity contribution < 1.29 is 0 Å². The highest BCUT2D eigenvalue weighted by atomic mass is 24.5. The van der Waals surface area contributed by atoms with E-state index in [-0.39, 0.29) is 0 Å². The van der Waals surface area contributed by atoms with Crippen LogP contribution in [0, 0.1) is 0 Å². The lowest BCUT2D eigenvalue weighted by molar-refractivity contribution is 0.857. The molecule has 46 valence electrons. The van der Waals surface area contributed by atoms with Crippen molar-refractivity contribution in [2.45, 2.75) is 42.2 Å². The van der Waals surface area contributed by atoms with Crippen molar-refractivity contribution in [1.82, 2.24) is 0 Å². The second-order valence-corrected chi connectivity index (χ2v) is 5.33. The molecule has 0 aromatic carbocycles. The number of hydrogen-bond donors (Lipinski definition) is 0. The predicted molar refractivity (Wildman–Crippen MR) is 40.6 cm³/mol. The van der Waals surface area contributed by atoms with Gasteiger partial charge in [0.2, 0.25) is 0 Å². The minimum absolute atomic E-state index is 0.336. The van der Waals surface area contributed by atoms with Gasteiger partial charge in [-0.05, 0) is 0 Å². The van der Waals surface area contributed by atoms with Gasteiger partial charge in [0.1, 0.15) is 0 Å². The quantitative estimate of drug-likeness (QED) is 0.506. The summed E-state index contributed by atoms with van der Waals surface area (Å²) in [6, 6.07) is 0. The summed E-state index contributed by atoms with van der Waals surface area (Å²) in [7, 11) is 0. The summed E-state index contributed by atoms with van der Waals surface area (Å²) in [6.45, 7) is 6.98. The molecule has 0 N–H and O–H groups in total. The zero-order chi connectivity index (χ0) is 6.41. The van der Waals surface area contributed by atoms with Crippen molar-refractivity contribution in [1.29, 1.82) is 0 Å². The van der Waals surface area contributed by atoms with Crippen LogP contribution in [0.5, 0.6) is 0 Å². The van der Waals surface area contributed by atoms with Gasteiger partial charge in [-0.1, -0.05) is 33.6 Å². The Labute approximate surface area is 62.8 Å². The average Bonchev–Trinajstić information content (AvgIpc) is 1.83. The van der Waals surface area contributed by atoms with E-state index in [0.717, 1.165) is 4.05 Å². The van der Waals surface area contributed by atoms with Crippen molar-refractivity contribution >= 4 is 20.4 Å². The minimum atomic E-state index is 0.336. The van der Waals surface area contributed by atoms with Crippen LogP contribution < -0.4 is 0 Å². The maximum atomic E-state index is 2.39. The second kappa shape index (κ2) is 5.89. The molecule has 1 heteroatoms. The molecule has 0 rings (SSSR count). The van der Waals surface area contributed by atoms with E-state index in [2.05, 4.69) is 20.8 Å². The van der Waals surface area contributed by atoms with Crippen molar-refractivity contribution in [3.05, 3.63) is 0 Å². The van der Waals surface area contributed by atoms with Crippen LogP contribution in [0.3, 0.4) is 0 Å². The summed E-state index contributed by atoms with van der Waals surface area (Å²) in [5.41, 5.74) is 0. The standard InChI is InChI=1S/C4H9.C3H7.Mg/c1-3-4-2;1-3-2;/h3H,4H2,1-2H3;1,3H2,2H3;. The smallest absolute Gasteiger partial charge is 0.146 e. The van der Waals surface area contributed by atoms with E-state index in [1.54, 1.807) is 4.55 Å². The average molecular weight is 125 g/mol. The van der Waals surface area contributed by atoms with Crippen molar-refractivity contribution in [2.75, 3.05) is 0 Å². The Bertz CT molecular complexity index is 43.7. The molecular weight excluding hydrogens is 108 g/mol. The Morgan fingerprint density at radius 3 is 2.38 bits per heavy atom. The molecule has 0 nitrogen and oxygen atoms in total. The summed E-state index contributed by atoms with van der Waals surface area (Å²) in [4.78, 5) is 0. The van der Waals surface area contributed by atoms with E-state index in [0.29, 0.717) is 20.4 Å². The van der Waals surface area contributed by atoms with Gasteiger partial charge in [-0.3, -0.25) is 0 Å². The SMILES string of the molecule is CC[CH2][Mg][CH](C)CC. The third-order valence-corrected chi connectivity index (χ3v) is 4.43. The Kier molecular flexibility index (Phi) is 6.46. The molecule has 0 radical (unpaired) electrons. The van der Waals surface area contributed by atoms with Crippen LogP contribution in [0.1, 0.15) is 33.6 Å². The Morgan fingerprint density at radius 2 is 2.00 bits per heavy atom. The molecule has 0 saturated heterocycles. The lowest BCUT2D eigenvalue weighted by Crippen LogP contribution is -1.95. The molecule has 0 bridgehead atoms. The highest BCUT2D eigenvalue weighted by molar-refractivity contribution is 6.37. The van der Waals surface area contributed by atoms with Gasteiger partial charge in [-0.15, -0.1) is 8.60 Å². The van der Waals surface area contributed by atoms with E-state index in [1.165, 1.54) is 12.8 Å². The topological polar surface area (TPSA) is 0 Å². The molecule has 0 aromatic rings. The molecule has 0 saturated carbocycles. The maximum absolute atomic E-state index is 2.39. The van der Waals surface area contributed by atoms with Crippen LogP contribution in [-0.4, -0.2) is 20.4 Å². The van der Waals surface area contributed by atoms with Crippen LogP contribution in [0.2, 0.25) is 8.60 Å². The van der Waals surface area contributed by atoms with Gasteiger partial charge in [0.15, 0.2) is 0 Å². The van der Waals surface area contributed by atoms with Crippen molar-refractivity contribution in [3.8, 4) is 0 Å².